The van der Waals surface area contributed by atoms with E-state index in [-0.39, 0.29) is 22.3 Å². The average Bonchev–Trinajstić information content (AvgIpc) is 2.74. The number of carbonyl (C=O) groups excluding carboxylic acids is 2. The van der Waals surface area contributed by atoms with Gasteiger partial charge in [-0.05, 0) is 66.8 Å². The van der Waals surface area contributed by atoms with E-state index in [9.17, 15) is 22.8 Å². The Balaban J connectivity index is 1.59. The van der Waals surface area contributed by atoms with Gasteiger partial charge in [0.1, 0.15) is 0 Å². The van der Waals surface area contributed by atoms with Crippen LogP contribution < -0.4 is 16.0 Å². The van der Waals surface area contributed by atoms with Gasteiger partial charge in [0.15, 0.2) is 5.11 Å². The molecular weight excluding hydrogens is 427 g/mol. The number of anilines is 2. The monoisotopic (exact) mass is 443 g/mol. The van der Waals surface area contributed by atoms with E-state index in [1.807, 2.05) is 0 Å². The molecule has 0 aromatic heterocycles. The highest BCUT2D eigenvalue weighted by Crippen LogP contribution is 2.30. The Hall–Kier alpha value is -3.72. The van der Waals surface area contributed by atoms with Crippen molar-refractivity contribution in [1.82, 2.24) is 5.32 Å². The van der Waals surface area contributed by atoms with Gasteiger partial charge in [0, 0.05) is 22.5 Å². The quantitative estimate of drug-likeness (QED) is 0.492. The van der Waals surface area contributed by atoms with Gasteiger partial charge in [-0.3, -0.25) is 14.9 Å². The van der Waals surface area contributed by atoms with Crippen molar-refractivity contribution in [2.75, 3.05) is 10.6 Å². The topological polar surface area (TPSA) is 70.2 Å². The predicted molar refractivity (Wildman–Crippen MR) is 116 cm³/mol. The minimum absolute atomic E-state index is 0.0341. The Morgan fingerprint density at radius 3 is 2.00 bits per heavy atom. The molecule has 0 unspecified atom stereocenters. The van der Waals surface area contributed by atoms with Gasteiger partial charge in [-0.25, -0.2) is 0 Å². The van der Waals surface area contributed by atoms with E-state index in [1.165, 1.54) is 24.3 Å². The third-order valence-corrected chi connectivity index (χ3v) is 4.32. The molecule has 0 saturated heterocycles. The summed E-state index contributed by atoms with van der Waals surface area (Å²) < 4.78 is 38.4. The van der Waals surface area contributed by atoms with Gasteiger partial charge in [-0.1, -0.05) is 24.3 Å². The number of hydrogen-bond acceptors (Lipinski definition) is 3. The number of carbonyl (C=O) groups is 2. The number of alkyl halides is 3. The molecule has 0 heterocycles. The smallest absolute Gasteiger partial charge is 0.332 e. The summed E-state index contributed by atoms with van der Waals surface area (Å²) in [5, 5.41) is 7.88. The van der Waals surface area contributed by atoms with Crippen LogP contribution in [0.15, 0.2) is 78.9 Å². The van der Waals surface area contributed by atoms with E-state index in [0.717, 1.165) is 12.1 Å². The molecule has 3 aromatic rings. The van der Waals surface area contributed by atoms with Gasteiger partial charge in [0.25, 0.3) is 11.8 Å². The molecule has 0 aliphatic heterocycles. The Kier molecular flexibility index (Phi) is 6.66. The van der Waals surface area contributed by atoms with Crippen molar-refractivity contribution in [2.24, 2.45) is 0 Å². The highest BCUT2D eigenvalue weighted by atomic mass is 32.1. The van der Waals surface area contributed by atoms with Crippen LogP contribution in [-0.2, 0) is 6.18 Å². The van der Waals surface area contributed by atoms with Crippen LogP contribution in [0.3, 0.4) is 0 Å². The maximum Gasteiger partial charge on any atom is 0.416 e. The number of nitrogens with one attached hydrogen (secondary N) is 3. The molecule has 0 fully saturated rings. The highest BCUT2D eigenvalue weighted by molar-refractivity contribution is 7.80. The summed E-state index contributed by atoms with van der Waals surface area (Å²) in [5.74, 6) is -0.930. The highest BCUT2D eigenvalue weighted by Gasteiger charge is 2.30. The van der Waals surface area contributed by atoms with Crippen molar-refractivity contribution in [3.05, 3.63) is 95.6 Å². The number of amides is 2. The zero-order valence-corrected chi connectivity index (χ0v) is 16.7. The summed E-state index contributed by atoms with van der Waals surface area (Å²) in [6.07, 6.45) is -4.50. The maximum absolute atomic E-state index is 12.8. The molecule has 0 radical (unpaired) electrons. The first-order valence-electron chi connectivity index (χ1n) is 8.98. The summed E-state index contributed by atoms with van der Waals surface area (Å²) in [4.78, 5) is 24.4. The van der Waals surface area contributed by atoms with E-state index in [0.29, 0.717) is 11.3 Å². The zero-order chi connectivity index (χ0) is 22.4. The van der Waals surface area contributed by atoms with Crippen LogP contribution >= 0.6 is 12.2 Å². The first kappa shape index (κ1) is 22.0. The second-order valence-corrected chi connectivity index (χ2v) is 6.79. The van der Waals surface area contributed by atoms with Crippen molar-refractivity contribution >= 4 is 40.5 Å². The molecule has 9 heteroatoms. The van der Waals surface area contributed by atoms with Crippen LogP contribution in [0.4, 0.5) is 24.5 Å². The minimum atomic E-state index is -4.50. The molecule has 2 amide bonds. The second kappa shape index (κ2) is 9.40. The number of halogens is 3. The normalized spacial score (nSPS) is 10.8. The van der Waals surface area contributed by atoms with Gasteiger partial charge < -0.3 is 10.6 Å². The van der Waals surface area contributed by atoms with Crippen LogP contribution in [0.25, 0.3) is 0 Å². The average molecular weight is 443 g/mol. The Labute approximate surface area is 181 Å². The van der Waals surface area contributed by atoms with Crippen LogP contribution in [0.5, 0.6) is 0 Å². The van der Waals surface area contributed by atoms with E-state index in [1.54, 1.807) is 42.5 Å². The van der Waals surface area contributed by atoms with Crippen molar-refractivity contribution < 1.29 is 22.8 Å². The largest absolute Gasteiger partial charge is 0.416 e. The predicted octanol–water partition coefficient (Wildman–Crippen LogP) is 5.08. The van der Waals surface area contributed by atoms with E-state index < -0.39 is 17.6 Å². The molecule has 158 valence electrons. The van der Waals surface area contributed by atoms with Gasteiger partial charge in [-0.15, -0.1) is 0 Å². The number of thiocarbonyl (C=S) groups is 1. The van der Waals surface area contributed by atoms with Gasteiger partial charge in [0.2, 0.25) is 0 Å². The lowest BCUT2D eigenvalue weighted by atomic mass is 10.1. The third kappa shape index (κ3) is 6.13. The minimum Gasteiger partial charge on any atom is -0.332 e. The van der Waals surface area contributed by atoms with Crippen molar-refractivity contribution in [3.8, 4) is 0 Å². The standard InChI is InChI=1S/C22H16F3N3O2S/c23-22(24,25)16-7-4-8-18(13-16)26-19(29)15-9-11-17(12-10-15)27-21(31)28-20(30)14-5-2-1-3-6-14/h1-13H,(H,26,29)(H2,27,28,30,31). The number of benzene rings is 3. The van der Waals surface area contributed by atoms with Crippen molar-refractivity contribution in [3.63, 3.8) is 0 Å². The van der Waals surface area contributed by atoms with Gasteiger partial charge in [0.05, 0.1) is 5.56 Å². The second-order valence-electron chi connectivity index (χ2n) is 6.38. The lowest BCUT2D eigenvalue weighted by Crippen LogP contribution is -2.34. The zero-order valence-electron chi connectivity index (χ0n) is 15.9. The molecule has 31 heavy (non-hydrogen) atoms. The molecule has 0 spiro atoms. The summed E-state index contributed by atoms with van der Waals surface area (Å²) in [6.45, 7) is 0. The fourth-order valence-corrected chi connectivity index (χ4v) is 2.82. The molecule has 3 N–H and O–H groups in total. The van der Waals surface area contributed by atoms with Crippen molar-refractivity contribution in [2.45, 2.75) is 6.18 Å². The molecule has 0 atom stereocenters. The maximum atomic E-state index is 12.8. The van der Waals surface area contributed by atoms with Crippen LogP contribution in [-0.4, -0.2) is 16.9 Å². The molecule has 0 aliphatic carbocycles. The van der Waals surface area contributed by atoms with Gasteiger partial charge in [-0.2, -0.15) is 13.2 Å². The van der Waals surface area contributed by atoms with Crippen LogP contribution in [0.1, 0.15) is 26.3 Å². The lowest BCUT2D eigenvalue weighted by Gasteiger charge is -2.11. The van der Waals surface area contributed by atoms with E-state index >= 15 is 0 Å². The summed E-state index contributed by atoms with van der Waals surface area (Å²) in [5.41, 5.74) is 0.396. The van der Waals surface area contributed by atoms with Crippen molar-refractivity contribution in [1.29, 1.82) is 0 Å². The molecule has 3 aromatic carbocycles. The summed E-state index contributed by atoms with van der Waals surface area (Å²) in [6, 6.07) is 19.0. The third-order valence-electron chi connectivity index (χ3n) is 4.12. The number of hydrogen-bond donors (Lipinski definition) is 3. The molecule has 5 nitrogen and oxygen atoms in total. The van der Waals surface area contributed by atoms with E-state index in [4.69, 9.17) is 12.2 Å². The Morgan fingerprint density at radius 2 is 1.35 bits per heavy atom. The van der Waals surface area contributed by atoms with E-state index in [2.05, 4.69) is 16.0 Å². The Morgan fingerprint density at radius 1 is 0.710 bits per heavy atom. The lowest BCUT2D eigenvalue weighted by molar-refractivity contribution is -0.137. The molecule has 0 saturated carbocycles. The molecule has 0 aliphatic rings. The SMILES string of the molecule is O=C(NC(=S)Nc1ccc(C(=O)Nc2cccc(C(F)(F)F)c2)cc1)c1ccccc1. The molecule has 3 rings (SSSR count). The first-order chi connectivity index (χ1) is 14.7. The summed E-state index contributed by atoms with van der Waals surface area (Å²) in [7, 11) is 0. The fraction of sp³-hybridized carbons (Fsp3) is 0.0455. The van der Waals surface area contributed by atoms with Gasteiger partial charge >= 0.3 is 6.18 Å². The molecule has 0 bridgehead atoms. The Bertz CT molecular complexity index is 1100. The summed E-state index contributed by atoms with van der Waals surface area (Å²) >= 11 is 5.11. The number of rotatable bonds is 4. The van der Waals surface area contributed by atoms with Crippen LogP contribution in [0, 0.1) is 0 Å². The molecular formula is C22H16F3N3O2S. The van der Waals surface area contributed by atoms with Crippen LogP contribution in [0.2, 0.25) is 0 Å². The first-order valence-corrected chi connectivity index (χ1v) is 9.39. The fourth-order valence-electron chi connectivity index (χ4n) is 2.61.